The van der Waals surface area contributed by atoms with Crippen molar-refractivity contribution in [3.8, 4) is 22.9 Å². The van der Waals surface area contributed by atoms with Gasteiger partial charge in [-0.3, -0.25) is 4.79 Å². The average molecular weight is 379 g/mol. The molecule has 0 bridgehead atoms. The number of carbonyl (C=O) groups is 1. The molecule has 144 valence electrons. The third-order valence-electron chi connectivity index (χ3n) is 4.17. The maximum atomic E-state index is 13.1. The standard InChI is InChI=1S/C22H22FN3O2/c1-2-3-4-12-24-22(27)17-6-5-7-19(13-17)28-21-14-20(25-15-26-21)16-8-10-18(23)11-9-16/h5-11,13-15H,2-4,12H2,1H3,(H,24,27). The molecule has 0 saturated heterocycles. The first-order chi connectivity index (χ1) is 13.7. The topological polar surface area (TPSA) is 64.1 Å². The third-order valence-corrected chi connectivity index (χ3v) is 4.17. The van der Waals surface area contributed by atoms with Gasteiger partial charge in [0.2, 0.25) is 5.88 Å². The van der Waals surface area contributed by atoms with E-state index in [1.807, 2.05) is 0 Å². The first-order valence-electron chi connectivity index (χ1n) is 9.30. The van der Waals surface area contributed by atoms with Crippen LogP contribution in [0.2, 0.25) is 0 Å². The maximum Gasteiger partial charge on any atom is 0.251 e. The minimum atomic E-state index is -0.306. The van der Waals surface area contributed by atoms with Crippen LogP contribution in [0.4, 0.5) is 4.39 Å². The molecule has 0 saturated carbocycles. The minimum Gasteiger partial charge on any atom is -0.439 e. The van der Waals surface area contributed by atoms with Crippen LogP contribution in [0.15, 0.2) is 60.9 Å². The van der Waals surface area contributed by atoms with E-state index in [0.717, 1.165) is 24.8 Å². The smallest absolute Gasteiger partial charge is 0.251 e. The van der Waals surface area contributed by atoms with Crippen LogP contribution in [-0.2, 0) is 0 Å². The van der Waals surface area contributed by atoms with Gasteiger partial charge in [0.15, 0.2) is 0 Å². The quantitative estimate of drug-likeness (QED) is 0.560. The summed E-state index contributed by atoms with van der Waals surface area (Å²) in [5.74, 6) is 0.412. The molecule has 28 heavy (non-hydrogen) atoms. The summed E-state index contributed by atoms with van der Waals surface area (Å²) in [7, 11) is 0. The van der Waals surface area contributed by atoms with Gasteiger partial charge < -0.3 is 10.1 Å². The molecule has 0 atom stereocenters. The van der Waals surface area contributed by atoms with E-state index in [2.05, 4.69) is 22.2 Å². The van der Waals surface area contributed by atoms with Crippen molar-refractivity contribution in [2.24, 2.45) is 0 Å². The van der Waals surface area contributed by atoms with E-state index in [1.165, 1.54) is 18.5 Å². The van der Waals surface area contributed by atoms with E-state index in [4.69, 9.17) is 4.74 Å². The second kappa shape index (κ2) is 9.60. The fourth-order valence-corrected chi connectivity index (χ4v) is 2.67. The number of hydrogen-bond acceptors (Lipinski definition) is 4. The Labute approximate surface area is 163 Å². The fourth-order valence-electron chi connectivity index (χ4n) is 2.67. The lowest BCUT2D eigenvalue weighted by atomic mass is 10.1. The summed E-state index contributed by atoms with van der Waals surface area (Å²) in [6.45, 7) is 2.78. The van der Waals surface area contributed by atoms with E-state index in [-0.39, 0.29) is 11.7 Å². The van der Waals surface area contributed by atoms with E-state index in [0.29, 0.717) is 29.4 Å². The van der Waals surface area contributed by atoms with Gasteiger partial charge >= 0.3 is 0 Å². The van der Waals surface area contributed by atoms with Crippen LogP contribution in [0.1, 0.15) is 36.5 Å². The largest absolute Gasteiger partial charge is 0.439 e. The maximum absolute atomic E-state index is 13.1. The van der Waals surface area contributed by atoms with Crippen LogP contribution in [0.3, 0.4) is 0 Å². The molecular weight excluding hydrogens is 357 g/mol. The van der Waals surface area contributed by atoms with Crippen LogP contribution in [0, 0.1) is 5.82 Å². The van der Waals surface area contributed by atoms with Gasteiger partial charge in [0, 0.05) is 23.7 Å². The Morgan fingerprint density at radius 3 is 2.68 bits per heavy atom. The highest BCUT2D eigenvalue weighted by Crippen LogP contribution is 2.24. The lowest BCUT2D eigenvalue weighted by Gasteiger charge is -2.09. The van der Waals surface area contributed by atoms with E-state index in [1.54, 1.807) is 42.5 Å². The van der Waals surface area contributed by atoms with Gasteiger partial charge in [-0.15, -0.1) is 0 Å². The van der Waals surface area contributed by atoms with Crippen molar-refractivity contribution in [2.45, 2.75) is 26.2 Å². The zero-order valence-electron chi connectivity index (χ0n) is 15.7. The van der Waals surface area contributed by atoms with Gasteiger partial charge in [-0.2, -0.15) is 0 Å². The van der Waals surface area contributed by atoms with E-state index >= 15 is 0 Å². The summed E-state index contributed by atoms with van der Waals surface area (Å²) >= 11 is 0. The summed E-state index contributed by atoms with van der Waals surface area (Å²) in [6, 6.07) is 14.6. The monoisotopic (exact) mass is 379 g/mol. The first kappa shape index (κ1) is 19.5. The van der Waals surface area contributed by atoms with Crippen molar-refractivity contribution in [2.75, 3.05) is 6.54 Å². The number of hydrogen-bond donors (Lipinski definition) is 1. The normalized spacial score (nSPS) is 10.5. The van der Waals surface area contributed by atoms with Gasteiger partial charge in [-0.05, 0) is 48.9 Å². The number of nitrogens with one attached hydrogen (secondary N) is 1. The highest BCUT2D eigenvalue weighted by molar-refractivity contribution is 5.94. The van der Waals surface area contributed by atoms with Crippen molar-refractivity contribution < 1.29 is 13.9 Å². The Kier molecular flexibility index (Phi) is 6.68. The van der Waals surface area contributed by atoms with Crippen molar-refractivity contribution >= 4 is 5.91 Å². The Morgan fingerprint density at radius 1 is 1.07 bits per heavy atom. The number of nitrogens with zero attached hydrogens (tertiary/aromatic N) is 2. The number of aromatic nitrogens is 2. The molecule has 5 nitrogen and oxygen atoms in total. The highest BCUT2D eigenvalue weighted by atomic mass is 19.1. The van der Waals surface area contributed by atoms with Gasteiger partial charge in [-0.25, -0.2) is 14.4 Å². The molecule has 3 aromatic rings. The molecule has 1 heterocycles. The highest BCUT2D eigenvalue weighted by Gasteiger charge is 2.08. The molecule has 0 aliphatic carbocycles. The molecule has 0 unspecified atom stereocenters. The lowest BCUT2D eigenvalue weighted by molar-refractivity contribution is 0.0952. The lowest BCUT2D eigenvalue weighted by Crippen LogP contribution is -2.24. The third kappa shape index (κ3) is 5.36. The molecule has 0 spiro atoms. The molecule has 1 N–H and O–H groups in total. The summed E-state index contributed by atoms with van der Waals surface area (Å²) in [5, 5.41) is 2.91. The fraction of sp³-hybridized carbons (Fsp3) is 0.227. The number of halogens is 1. The zero-order valence-corrected chi connectivity index (χ0v) is 15.7. The van der Waals surface area contributed by atoms with Gasteiger partial charge in [0.1, 0.15) is 17.9 Å². The van der Waals surface area contributed by atoms with Gasteiger partial charge in [0.05, 0.1) is 5.69 Å². The molecular formula is C22H22FN3O2. The number of rotatable bonds is 8. The number of amides is 1. The average Bonchev–Trinajstić information content (AvgIpc) is 2.72. The molecule has 3 rings (SSSR count). The van der Waals surface area contributed by atoms with Crippen molar-refractivity contribution in [1.29, 1.82) is 0 Å². The molecule has 6 heteroatoms. The van der Waals surface area contributed by atoms with Gasteiger partial charge in [-0.1, -0.05) is 25.8 Å². The SMILES string of the molecule is CCCCCNC(=O)c1cccc(Oc2cc(-c3ccc(F)cc3)ncn2)c1. The number of carbonyl (C=O) groups excluding carboxylic acids is 1. The summed E-state index contributed by atoms with van der Waals surface area (Å²) in [5.41, 5.74) is 1.91. The molecule has 0 aliphatic heterocycles. The predicted molar refractivity (Wildman–Crippen MR) is 106 cm³/mol. The predicted octanol–water partition coefficient (Wildman–Crippen LogP) is 5.00. The second-order valence-electron chi connectivity index (χ2n) is 6.34. The second-order valence-corrected chi connectivity index (χ2v) is 6.34. The molecule has 0 aliphatic rings. The van der Waals surface area contributed by atoms with Crippen LogP contribution >= 0.6 is 0 Å². The summed E-state index contributed by atoms with van der Waals surface area (Å²) in [4.78, 5) is 20.6. The van der Waals surface area contributed by atoms with Crippen molar-refractivity contribution in [3.63, 3.8) is 0 Å². The summed E-state index contributed by atoms with van der Waals surface area (Å²) < 4.78 is 18.9. The number of benzene rings is 2. The first-order valence-corrected chi connectivity index (χ1v) is 9.30. The van der Waals surface area contributed by atoms with Crippen LogP contribution in [0.25, 0.3) is 11.3 Å². The Hall–Kier alpha value is -3.28. The van der Waals surface area contributed by atoms with Crippen molar-refractivity contribution in [3.05, 3.63) is 72.3 Å². The van der Waals surface area contributed by atoms with E-state index in [9.17, 15) is 9.18 Å². The Bertz CT molecular complexity index is 929. The Morgan fingerprint density at radius 2 is 1.89 bits per heavy atom. The zero-order chi connectivity index (χ0) is 19.8. The van der Waals surface area contributed by atoms with Crippen LogP contribution in [-0.4, -0.2) is 22.4 Å². The molecule has 1 aromatic heterocycles. The Balaban J connectivity index is 1.69. The van der Waals surface area contributed by atoms with Crippen molar-refractivity contribution in [1.82, 2.24) is 15.3 Å². The number of ether oxygens (including phenoxy) is 1. The van der Waals surface area contributed by atoms with Crippen LogP contribution in [0.5, 0.6) is 11.6 Å². The molecule has 1 amide bonds. The molecule has 2 aromatic carbocycles. The molecule has 0 radical (unpaired) electrons. The minimum absolute atomic E-state index is 0.128. The molecule has 0 fully saturated rings. The van der Waals surface area contributed by atoms with Crippen LogP contribution < -0.4 is 10.1 Å². The number of unbranched alkanes of at least 4 members (excludes halogenated alkanes) is 2. The van der Waals surface area contributed by atoms with Gasteiger partial charge in [0.25, 0.3) is 5.91 Å². The van der Waals surface area contributed by atoms with E-state index < -0.39 is 0 Å². The summed E-state index contributed by atoms with van der Waals surface area (Å²) in [6.07, 6.45) is 4.55.